The van der Waals surface area contributed by atoms with Gasteiger partial charge in [0.15, 0.2) is 0 Å². The Morgan fingerprint density at radius 2 is 2.00 bits per heavy atom. The van der Waals surface area contributed by atoms with Crippen LogP contribution in [0.2, 0.25) is 5.02 Å². The first kappa shape index (κ1) is 13.2. The Labute approximate surface area is 126 Å². The Kier molecular flexibility index (Phi) is 3.66. The molecule has 2 unspecified atom stereocenters. The molecule has 0 saturated carbocycles. The van der Waals surface area contributed by atoms with E-state index in [-0.39, 0.29) is 6.04 Å². The summed E-state index contributed by atoms with van der Waals surface area (Å²) >= 11 is 9.73. The molecule has 2 N–H and O–H groups in total. The highest BCUT2D eigenvalue weighted by molar-refractivity contribution is 9.10. The van der Waals surface area contributed by atoms with Crippen LogP contribution in [0.25, 0.3) is 0 Å². The zero-order valence-corrected chi connectivity index (χ0v) is 12.8. The maximum absolute atomic E-state index is 6.37. The molecule has 1 nitrogen and oxygen atoms in total. The molecule has 3 heteroatoms. The molecular formula is C16H15BrClN. The lowest BCUT2D eigenvalue weighted by molar-refractivity contribution is 0.465. The largest absolute Gasteiger partial charge is 0.324 e. The standard InChI is InChI=1S/C16H15BrClN/c17-13-6-5-11(15(18)9-13)8-12-7-10-3-1-2-4-14(10)16(12)19/h1-6,9,12,16H,7-8,19H2. The van der Waals surface area contributed by atoms with E-state index in [9.17, 15) is 0 Å². The molecule has 0 radical (unpaired) electrons. The molecule has 2 aromatic carbocycles. The SMILES string of the molecule is NC1c2ccccc2CC1Cc1ccc(Br)cc1Cl. The first-order valence-electron chi connectivity index (χ1n) is 6.42. The summed E-state index contributed by atoms with van der Waals surface area (Å²) in [6.07, 6.45) is 1.98. The van der Waals surface area contributed by atoms with E-state index >= 15 is 0 Å². The Bertz CT molecular complexity index is 611. The number of fused-ring (bicyclic) bond motifs is 1. The van der Waals surface area contributed by atoms with Gasteiger partial charge in [0.1, 0.15) is 0 Å². The van der Waals surface area contributed by atoms with Crippen molar-refractivity contribution in [2.45, 2.75) is 18.9 Å². The minimum atomic E-state index is 0.121. The summed E-state index contributed by atoms with van der Waals surface area (Å²) in [5.74, 6) is 0.441. The average Bonchev–Trinajstić information content (AvgIpc) is 2.70. The van der Waals surface area contributed by atoms with Gasteiger partial charge >= 0.3 is 0 Å². The van der Waals surface area contributed by atoms with E-state index in [1.165, 1.54) is 16.7 Å². The number of halogens is 2. The highest BCUT2D eigenvalue weighted by atomic mass is 79.9. The van der Waals surface area contributed by atoms with Gasteiger partial charge in [0, 0.05) is 15.5 Å². The van der Waals surface area contributed by atoms with Crippen LogP contribution in [0.15, 0.2) is 46.9 Å². The average molecular weight is 337 g/mol. The molecular weight excluding hydrogens is 322 g/mol. The van der Waals surface area contributed by atoms with Gasteiger partial charge in [-0.1, -0.05) is 57.9 Å². The molecule has 1 aliphatic carbocycles. The van der Waals surface area contributed by atoms with E-state index < -0.39 is 0 Å². The van der Waals surface area contributed by atoms with Crippen LogP contribution >= 0.6 is 27.5 Å². The number of hydrogen-bond acceptors (Lipinski definition) is 1. The second kappa shape index (κ2) is 5.28. The zero-order valence-electron chi connectivity index (χ0n) is 10.4. The molecule has 1 aliphatic rings. The van der Waals surface area contributed by atoms with Gasteiger partial charge in [0.2, 0.25) is 0 Å². The predicted molar refractivity (Wildman–Crippen MR) is 83.4 cm³/mol. The van der Waals surface area contributed by atoms with Crippen molar-refractivity contribution in [2.24, 2.45) is 11.7 Å². The second-order valence-corrected chi connectivity index (χ2v) is 6.45. The van der Waals surface area contributed by atoms with Crippen molar-refractivity contribution in [1.82, 2.24) is 0 Å². The van der Waals surface area contributed by atoms with E-state index in [0.29, 0.717) is 5.92 Å². The smallest absolute Gasteiger partial charge is 0.0449 e. The fourth-order valence-corrected chi connectivity index (χ4v) is 3.63. The van der Waals surface area contributed by atoms with Crippen molar-refractivity contribution >= 4 is 27.5 Å². The van der Waals surface area contributed by atoms with Crippen molar-refractivity contribution in [3.05, 3.63) is 68.7 Å². The summed E-state index contributed by atoms with van der Waals surface area (Å²) in [4.78, 5) is 0. The summed E-state index contributed by atoms with van der Waals surface area (Å²) < 4.78 is 1.01. The molecule has 0 heterocycles. The summed E-state index contributed by atoms with van der Waals surface area (Å²) in [6.45, 7) is 0. The predicted octanol–water partition coefficient (Wildman–Crippen LogP) is 4.52. The number of rotatable bonds is 2. The molecule has 0 bridgehead atoms. The first-order chi connectivity index (χ1) is 9.15. The Morgan fingerprint density at radius 1 is 1.21 bits per heavy atom. The Hall–Kier alpha value is -0.830. The van der Waals surface area contributed by atoms with Gasteiger partial charge in [-0.3, -0.25) is 0 Å². The van der Waals surface area contributed by atoms with Gasteiger partial charge in [0.25, 0.3) is 0 Å². The quantitative estimate of drug-likeness (QED) is 0.857. The topological polar surface area (TPSA) is 26.0 Å². The molecule has 98 valence electrons. The van der Waals surface area contributed by atoms with E-state index in [1.807, 2.05) is 12.1 Å². The number of hydrogen-bond donors (Lipinski definition) is 1. The highest BCUT2D eigenvalue weighted by Gasteiger charge is 2.29. The lowest BCUT2D eigenvalue weighted by atomic mass is 9.93. The first-order valence-corrected chi connectivity index (χ1v) is 7.59. The molecule has 0 spiro atoms. The Balaban J connectivity index is 1.83. The Morgan fingerprint density at radius 3 is 2.74 bits per heavy atom. The van der Waals surface area contributed by atoms with Crippen LogP contribution in [0.4, 0.5) is 0 Å². The monoisotopic (exact) mass is 335 g/mol. The van der Waals surface area contributed by atoms with Gasteiger partial charge in [-0.15, -0.1) is 0 Å². The molecule has 0 saturated heterocycles. The normalized spacial score (nSPS) is 21.4. The molecule has 3 rings (SSSR count). The molecule has 0 fully saturated rings. The van der Waals surface area contributed by atoms with Gasteiger partial charge in [-0.05, 0) is 47.6 Å². The second-order valence-electron chi connectivity index (χ2n) is 5.13. The van der Waals surface area contributed by atoms with Crippen LogP contribution in [0, 0.1) is 5.92 Å². The lowest BCUT2D eigenvalue weighted by Gasteiger charge is -2.17. The van der Waals surface area contributed by atoms with Crippen LogP contribution in [-0.4, -0.2) is 0 Å². The summed E-state index contributed by atoms with van der Waals surface area (Å²) in [7, 11) is 0. The number of nitrogens with two attached hydrogens (primary N) is 1. The maximum atomic E-state index is 6.37. The van der Waals surface area contributed by atoms with Gasteiger partial charge in [0.05, 0.1) is 0 Å². The minimum Gasteiger partial charge on any atom is -0.324 e. The summed E-state index contributed by atoms with van der Waals surface area (Å²) in [5, 5.41) is 0.817. The van der Waals surface area contributed by atoms with Crippen LogP contribution in [0.3, 0.4) is 0 Å². The molecule has 19 heavy (non-hydrogen) atoms. The van der Waals surface area contributed by atoms with Gasteiger partial charge in [-0.2, -0.15) is 0 Å². The lowest BCUT2D eigenvalue weighted by Crippen LogP contribution is -2.19. The fraction of sp³-hybridized carbons (Fsp3) is 0.250. The van der Waals surface area contributed by atoms with E-state index in [4.69, 9.17) is 17.3 Å². The summed E-state index contributed by atoms with van der Waals surface area (Å²) in [6, 6.07) is 14.7. The third-order valence-corrected chi connectivity index (χ3v) is 4.75. The molecule has 0 aliphatic heterocycles. The highest BCUT2D eigenvalue weighted by Crippen LogP contribution is 2.37. The fourth-order valence-electron chi connectivity index (χ4n) is 2.88. The van der Waals surface area contributed by atoms with Crippen molar-refractivity contribution < 1.29 is 0 Å². The van der Waals surface area contributed by atoms with Crippen molar-refractivity contribution in [3.63, 3.8) is 0 Å². The van der Waals surface area contributed by atoms with Gasteiger partial charge < -0.3 is 5.73 Å². The van der Waals surface area contributed by atoms with E-state index in [1.54, 1.807) is 0 Å². The molecule has 0 aromatic heterocycles. The van der Waals surface area contributed by atoms with Crippen molar-refractivity contribution in [1.29, 1.82) is 0 Å². The number of benzene rings is 2. The maximum Gasteiger partial charge on any atom is 0.0449 e. The zero-order chi connectivity index (χ0) is 13.4. The van der Waals surface area contributed by atoms with Crippen LogP contribution in [-0.2, 0) is 12.8 Å². The van der Waals surface area contributed by atoms with Crippen molar-refractivity contribution in [3.8, 4) is 0 Å². The minimum absolute atomic E-state index is 0.121. The van der Waals surface area contributed by atoms with E-state index in [0.717, 1.165) is 22.3 Å². The van der Waals surface area contributed by atoms with E-state index in [2.05, 4.69) is 46.3 Å². The van der Waals surface area contributed by atoms with Crippen molar-refractivity contribution in [2.75, 3.05) is 0 Å². The molecule has 2 atom stereocenters. The molecule has 2 aromatic rings. The summed E-state index contributed by atoms with van der Waals surface area (Å²) in [5.41, 5.74) is 10.2. The van der Waals surface area contributed by atoms with Crippen LogP contribution < -0.4 is 5.73 Å². The third kappa shape index (κ3) is 2.58. The molecule has 0 amide bonds. The van der Waals surface area contributed by atoms with Crippen LogP contribution in [0.1, 0.15) is 22.7 Å². The van der Waals surface area contributed by atoms with Gasteiger partial charge in [-0.25, -0.2) is 0 Å². The van der Waals surface area contributed by atoms with Crippen LogP contribution in [0.5, 0.6) is 0 Å². The third-order valence-electron chi connectivity index (χ3n) is 3.90.